The molecular formula is C18H26N4O4. The van der Waals surface area contributed by atoms with Gasteiger partial charge in [0.05, 0.1) is 31.9 Å². The number of likely N-dealkylation sites (tertiary alicyclic amines) is 2. The van der Waals surface area contributed by atoms with Gasteiger partial charge in [-0.05, 0) is 44.4 Å². The van der Waals surface area contributed by atoms with Crippen LogP contribution >= 0.6 is 0 Å². The maximum atomic E-state index is 12.4. The van der Waals surface area contributed by atoms with E-state index in [0.717, 1.165) is 38.8 Å². The molecule has 2 aliphatic heterocycles. The van der Waals surface area contributed by atoms with Crippen molar-refractivity contribution >= 4 is 17.7 Å². The maximum absolute atomic E-state index is 12.4. The minimum Gasteiger partial charge on any atom is -0.467 e. The van der Waals surface area contributed by atoms with E-state index >= 15 is 0 Å². The summed E-state index contributed by atoms with van der Waals surface area (Å²) in [5.41, 5.74) is 0. The number of nitrogens with one attached hydrogen (secondary N) is 2. The molecule has 2 aliphatic rings. The van der Waals surface area contributed by atoms with Gasteiger partial charge in [0.2, 0.25) is 17.7 Å². The second-order valence-corrected chi connectivity index (χ2v) is 6.79. The van der Waals surface area contributed by atoms with Crippen molar-refractivity contribution in [3.8, 4) is 0 Å². The molecule has 1 unspecified atom stereocenters. The molecule has 0 saturated carbocycles. The summed E-state index contributed by atoms with van der Waals surface area (Å²) in [5, 5.41) is 5.53. The maximum Gasteiger partial charge on any atom is 0.241 e. The number of carbonyl (C=O) groups excluding carboxylic acids is 3. The first-order valence-electron chi connectivity index (χ1n) is 9.22. The van der Waals surface area contributed by atoms with Crippen LogP contribution in [0.1, 0.15) is 31.4 Å². The van der Waals surface area contributed by atoms with Crippen molar-refractivity contribution in [1.29, 1.82) is 0 Å². The van der Waals surface area contributed by atoms with Crippen LogP contribution in [0.3, 0.4) is 0 Å². The molecule has 1 atom stereocenters. The highest BCUT2D eigenvalue weighted by atomic mass is 16.3. The highest BCUT2D eigenvalue weighted by molar-refractivity contribution is 5.87. The Balaban J connectivity index is 1.41. The second kappa shape index (κ2) is 8.84. The number of rotatable bonds is 7. The third-order valence-corrected chi connectivity index (χ3v) is 4.93. The van der Waals surface area contributed by atoms with E-state index in [0.29, 0.717) is 18.8 Å². The smallest absolute Gasteiger partial charge is 0.241 e. The van der Waals surface area contributed by atoms with Crippen LogP contribution < -0.4 is 10.6 Å². The van der Waals surface area contributed by atoms with Gasteiger partial charge >= 0.3 is 0 Å². The van der Waals surface area contributed by atoms with E-state index in [1.165, 1.54) is 0 Å². The van der Waals surface area contributed by atoms with E-state index < -0.39 is 0 Å². The molecule has 2 saturated heterocycles. The molecule has 0 bridgehead atoms. The van der Waals surface area contributed by atoms with Gasteiger partial charge in [-0.25, -0.2) is 0 Å². The standard InChI is InChI=1S/C18H26N4O4/c23-16(19-12-17(24)21-7-1-2-8-21)13-22-9-3-6-15(22)18(25)20-11-14-5-4-10-26-14/h4-5,10,15H,1-3,6-9,11-13H2,(H,19,23)(H,20,25). The number of carbonyl (C=O) groups is 3. The summed E-state index contributed by atoms with van der Waals surface area (Å²) >= 11 is 0. The van der Waals surface area contributed by atoms with Crippen LogP contribution in [0, 0.1) is 0 Å². The quantitative estimate of drug-likeness (QED) is 0.717. The second-order valence-electron chi connectivity index (χ2n) is 6.79. The summed E-state index contributed by atoms with van der Waals surface area (Å²) in [4.78, 5) is 40.2. The van der Waals surface area contributed by atoms with Gasteiger partial charge in [-0.2, -0.15) is 0 Å². The van der Waals surface area contributed by atoms with Crippen molar-refractivity contribution < 1.29 is 18.8 Å². The number of hydrogen-bond acceptors (Lipinski definition) is 5. The predicted octanol–water partition coefficient (Wildman–Crippen LogP) is 0.0988. The molecule has 2 fully saturated rings. The average Bonchev–Trinajstić information content (AvgIpc) is 3.39. The predicted molar refractivity (Wildman–Crippen MR) is 94.0 cm³/mol. The fourth-order valence-electron chi connectivity index (χ4n) is 3.51. The monoisotopic (exact) mass is 362 g/mol. The Kier molecular flexibility index (Phi) is 6.27. The molecule has 1 aromatic heterocycles. The Hall–Kier alpha value is -2.35. The lowest BCUT2D eigenvalue weighted by Crippen LogP contribution is -2.48. The molecule has 8 heteroatoms. The van der Waals surface area contributed by atoms with Crippen LogP contribution in [0.2, 0.25) is 0 Å². The summed E-state index contributed by atoms with van der Waals surface area (Å²) in [6.45, 7) is 2.75. The number of furan rings is 1. The fraction of sp³-hybridized carbons (Fsp3) is 0.611. The van der Waals surface area contributed by atoms with Gasteiger partial charge in [-0.3, -0.25) is 19.3 Å². The van der Waals surface area contributed by atoms with Crippen LogP contribution in [-0.4, -0.2) is 66.3 Å². The van der Waals surface area contributed by atoms with Gasteiger partial charge in [0.15, 0.2) is 0 Å². The lowest BCUT2D eigenvalue weighted by Gasteiger charge is -2.23. The summed E-state index contributed by atoms with van der Waals surface area (Å²) in [6.07, 6.45) is 5.23. The molecule has 0 aliphatic carbocycles. The normalized spacial score (nSPS) is 20.3. The molecular weight excluding hydrogens is 336 g/mol. The Labute approximate surface area is 152 Å². The Morgan fingerprint density at radius 1 is 1.12 bits per heavy atom. The third kappa shape index (κ3) is 4.85. The number of nitrogens with zero attached hydrogens (tertiary/aromatic N) is 2. The van der Waals surface area contributed by atoms with Crippen LogP contribution in [0.15, 0.2) is 22.8 Å². The van der Waals surface area contributed by atoms with Gasteiger partial charge in [-0.15, -0.1) is 0 Å². The summed E-state index contributed by atoms with van der Waals surface area (Å²) in [5.74, 6) is 0.342. The van der Waals surface area contributed by atoms with E-state index in [1.54, 1.807) is 23.3 Å². The topological polar surface area (TPSA) is 94.9 Å². The highest BCUT2D eigenvalue weighted by Gasteiger charge is 2.32. The van der Waals surface area contributed by atoms with Gasteiger partial charge in [0.1, 0.15) is 5.76 Å². The van der Waals surface area contributed by atoms with Crippen molar-refractivity contribution in [3.63, 3.8) is 0 Å². The molecule has 3 amide bonds. The Morgan fingerprint density at radius 3 is 2.65 bits per heavy atom. The van der Waals surface area contributed by atoms with Crippen LogP contribution in [-0.2, 0) is 20.9 Å². The first-order valence-corrected chi connectivity index (χ1v) is 9.22. The van der Waals surface area contributed by atoms with E-state index in [4.69, 9.17) is 4.42 Å². The number of amides is 3. The molecule has 3 heterocycles. The van der Waals surface area contributed by atoms with Crippen molar-refractivity contribution in [2.45, 2.75) is 38.3 Å². The molecule has 0 spiro atoms. The molecule has 0 radical (unpaired) electrons. The molecule has 8 nitrogen and oxygen atoms in total. The molecule has 0 aromatic carbocycles. The first-order chi connectivity index (χ1) is 12.6. The zero-order valence-electron chi connectivity index (χ0n) is 14.9. The first kappa shape index (κ1) is 18.4. The lowest BCUT2D eigenvalue weighted by molar-refractivity contribution is -0.133. The molecule has 26 heavy (non-hydrogen) atoms. The minimum absolute atomic E-state index is 0.0298. The lowest BCUT2D eigenvalue weighted by atomic mass is 10.2. The Bertz CT molecular complexity index is 625. The van der Waals surface area contributed by atoms with E-state index in [-0.39, 0.29) is 36.9 Å². The largest absolute Gasteiger partial charge is 0.467 e. The van der Waals surface area contributed by atoms with E-state index in [9.17, 15) is 14.4 Å². The zero-order valence-corrected chi connectivity index (χ0v) is 14.9. The fourth-order valence-corrected chi connectivity index (χ4v) is 3.51. The molecule has 142 valence electrons. The van der Waals surface area contributed by atoms with Crippen LogP contribution in [0.25, 0.3) is 0 Å². The highest BCUT2D eigenvalue weighted by Crippen LogP contribution is 2.17. The molecule has 3 rings (SSSR count). The molecule has 1 aromatic rings. The van der Waals surface area contributed by atoms with Gasteiger partial charge in [0, 0.05) is 13.1 Å². The van der Waals surface area contributed by atoms with E-state index in [1.807, 2.05) is 4.90 Å². The minimum atomic E-state index is -0.315. The van der Waals surface area contributed by atoms with Crippen molar-refractivity contribution in [2.75, 3.05) is 32.7 Å². The summed E-state index contributed by atoms with van der Waals surface area (Å²) in [7, 11) is 0. The summed E-state index contributed by atoms with van der Waals surface area (Å²) < 4.78 is 5.21. The number of hydrogen-bond donors (Lipinski definition) is 2. The van der Waals surface area contributed by atoms with E-state index in [2.05, 4.69) is 10.6 Å². The van der Waals surface area contributed by atoms with Crippen LogP contribution in [0.4, 0.5) is 0 Å². The van der Waals surface area contributed by atoms with Crippen molar-refractivity contribution in [2.24, 2.45) is 0 Å². The zero-order chi connectivity index (χ0) is 18.4. The Morgan fingerprint density at radius 2 is 1.92 bits per heavy atom. The molecule has 2 N–H and O–H groups in total. The van der Waals surface area contributed by atoms with Crippen molar-refractivity contribution in [3.05, 3.63) is 24.2 Å². The average molecular weight is 362 g/mol. The van der Waals surface area contributed by atoms with Crippen molar-refractivity contribution in [1.82, 2.24) is 20.4 Å². The summed E-state index contributed by atoms with van der Waals surface area (Å²) in [6, 6.07) is 3.26. The SMILES string of the molecule is O=C(CN1CCCC1C(=O)NCc1ccco1)NCC(=O)N1CCCC1. The van der Waals surface area contributed by atoms with Gasteiger partial charge in [-0.1, -0.05) is 0 Å². The van der Waals surface area contributed by atoms with Crippen LogP contribution in [0.5, 0.6) is 0 Å². The van der Waals surface area contributed by atoms with Gasteiger partial charge in [0.25, 0.3) is 0 Å². The third-order valence-electron chi connectivity index (χ3n) is 4.93. The van der Waals surface area contributed by atoms with Gasteiger partial charge < -0.3 is 20.0 Å².